The van der Waals surface area contributed by atoms with E-state index in [1.807, 2.05) is 0 Å². The average Bonchev–Trinajstić information content (AvgIpc) is 2.37. The molecule has 5 nitrogen and oxygen atoms in total. The van der Waals surface area contributed by atoms with Crippen molar-refractivity contribution in [1.82, 2.24) is 4.98 Å². The van der Waals surface area contributed by atoms with Crippen LogP contribution in [0.5, 0.6) is 0 Å². The van der Waals surface area contributed by atoms with Crippen molar-refractivity contribution in [2.75, 3.05) is 0 Å². The summed E-state index contributed by atoms with van der Waals surface area (Å²) < 4.78 is 14.8. The fourth-order valence-corrected chi connectivity index (χ4v) is 1.19. The number of unbranched alkanes of at least 4 members (excludes halogenated alkanes) is 1. The van der Waals surface area contributed by atoms with Gasteiger partial charge in [-0.25, -0.2) is 0 Å². The smallest absolute Gasteiger partial charge is 0.318 e. The van der Waals surface area contributed by atoms with E-state index >= 15 is 0 Å². The van der Waals surface area contributed by atoms with Gasteiger partial charge in [0.25, 0.3) is 0 Å². The second-order valence-electron chi connectivity index (χ2n) is 3.18. The van der Waals surface area contributed by atoms with Crippen molar-refractivity contribution in [2.24, 2.45) is 0 Å². The van der Waals surface area contributed by atoms with E-state index in [0.29, 0.717) is 5.56 Å². The summed E-state index contributed by atoms with van der Waals surface area (Å²) in [6.45, 7) is 4.36. The van der Waals surface area contributed by atoms with Gasteiger partial charge in [0.15, 0.2) is 6.10 Å². The number of pyridine rings is 1. The summed E-state index contributed by atoms with van der Waals surface area (Å²) in [6.07, 6.45) is 4.57. The molecule has 1 rings (SSSR count). The highest BCUT2D eigenvalue weighted by molar-refractivity contribution is 7.32. The first-order chi connectivity index (χ1) is 8.15. The van der Waals surface area contributed by atoms with Gasteiger partial charge < -0.3 is 4.89 Å². The van der Waals surface area contributed by atoms with E-state index in [1.165, 1.54) is 19.0 Å². The van der Waals surface area contributed by atoms with E-state index in [-0.39, 0.29) is 0 Å². The Kier molecular flexibility index (Phi) is 9.27. The molecule has 1 aromatic heterocycles. The molecule has 0 aliphatic rings. The summed E-state index contributed by atoms with van der Waals surface area (Å²) in [4.78, 5) is 12.2. The molecule has 0 aromatic carbocycles. The van der Waals surface area contributed by atoms with Crippen LogP contribution in [-0.2, 0) is 9.09 Å². The highest BCUT2D eigenvalue weighted by Crippen LogP contribution is 2.27. The summed E-state index contributed by atoms with van der Waals surface area (Å²) in [7, 11) is -3.09. The molecule has 0 bridgehead atoms. The summed E-state index contributed by atoms with van der Waals surface area (Å²) in [5.41, 5.74) is 0.470. The van der Waals surface area contributed by atoms with Crippen molar-refractivity contribution in [3.8, 4) is 6.07 Å². The molecule has 1 aromatic rings. The predicted molar refractivity (Wildman–Crippen MR) is 65.5 cm³/mol. The number of hydrogen-bond acceptors (Lipinski definition) is 4. The maximum Gasteiger partial charge on any atom is 0.318 e. The van der Waals surface area contributed by atoms with Crippen molar-refractivity contribution in [3.63, 3.8) is 0 Å². The van der Waals surface area contributed by atoms with Crippen molar-refractivity contribution in [2.45, 2.75) is 32.8 Å². The number of rotatable bonds is 4. The lowest BCUT2D eigenvalue weighted by Crippen LogP contribution is -1.96. The SMILES string of the molecule is CCCC.N#CC(O[PH](=O)O)c1cccnc1. The van der Waals surface area contributed by atoms with Gasteiger partial charge in [-0.05, 0) is 6.07 Å². The molecule has 0 saturated carbocycles. The van der Waals surface area contributed by atoms with Crippen LogP contribution >= 0.6 is 8.25 Å². The number of nitrogens with zero attached hydrogens (tertiary/aromatic N) is 2. The Morgan fingerprint density at radius 1 is 1.59 bits per heavy atom. The quantitative estimate of drug-likeness (QED) is 0.837. The van der Waals surface area contributed by atoms with Crippen LogP contribution in [0.15, 0.2) is 24.5 Å². The van der Waals surface area contributed by atoms with Gasteiger partial charge >= 0.3 is 8.25 Å². The number of nitriles is 1. The lowest BCUT2D eigenvalue weighted by atomic mass is 10.2. The molecule has 94 valence electrons. The minimum atomic E-state index is -3.09. The van der Waals surface area contributed by atoms with E-state index < -0.39 is 14.4 Å². The number of aromatic nitrogens is 1. The van der Waals surface area contributed by atoms with Crippen LogP contribution in [-0.4, -0.2) is 9.88 Å². The molecule has 0 spiro atoms. The van der Waals surface area contributed by atoms with Crippen LogP contribution in [0.4, 0.5) is 0 Å². The zero-order valence-corrected chi connectivity index (χ0v) is 11.0. The Bertz CT molecular complexity index is 363. The second kappa shape index (κ2) is 9.98. The van der Waals surface area contributed by atoms with E-state index in [0.717, 1.165) is 0 Å². The minimum Gasteiger partial charge on any atom is -0.326 e. The summed E-state index contributed by atoms with van der Waals surface area (Å²) in [5.74, 6) is 0. The molecule has 0 fully saturated rings. The molecule has 0 amide bonds. The third-order valence-corrected chi connectivity index (χ3v) is 2.26. The molecule has 6 heteroatoms. The topological polar surface area (TPSA) is 83.2 Å². The normalized spacial score (nSPS) is 12.8. The lowest BCUT2D eigenvalue weighted by molar-refractivity contribution is 0.238. The molecule has 0 radical (unpaired) electrons. The first-order valence-electron chi connectivity index (χ1n) is 5.34. The van der Waals surface area contributed by atoms with Gasteiger partial charge in [-0.1, -0.05) is 32.8 Å². The van der Waals surface area contributed by atoms with Crippen LogP contribution in [0.25, 0.3) is 0 Å². The van der Waals surface area contributed by atoms with Crippen molar-refractivity contribution in [3.05, 3.63) is 30.1 Å². The molecular weight excluding hydrogens is 239 g/mol. The zero-order valence-electron chi connectivity index (χ0n) is 9.96. The van der Waals surface area contributed by atoms with E-state index in [1.54, 1.807) is 24.4 Å². The standard InChI is InChI=1S/C7H7N2O3P.C4H10/c8-4-7(12-13(10)11)6-2-1-3-9-5-6;1-3-4-2/h1-3,5,7,13H,(H,10,11);3-4H2,1-2H3. The van der Waals surface area contributed by atoms with Crippen LogP contribution in [0.3, 0.4) is 0 Å². The summed E-state index contributed by atoms with van der Waals surface area (Å²) in [5, 5.41) is 8.59. The largest absolute Gasteiger partial charge is 0.326 e. The Balaban J connectivity index is 0.000000557. The fourth-order valence-electron chi connectivity index (χ4n) is 0.801. The van der Waals surface area contributed by atoms with E-state index in [2.05, 4.69) is 23.4 Å². The van der Waals surface area contributed by atoms with Gasteiger partial charge in [-0.15, -0.1) is 0 Å². The van der Waals surface area contributed by atoms with Crippen LogP contribution < -0.4 is 0 Å². The van der Waals surface area contributed by atoms with Crippen LogP contribution in [0.1, 0.15) is 38.4 Å². The highest BCUT2D eigenvalue weighted by Gasteiger charge is 2.12. The summed E-state index contributed by atoms with van der Waals surface area (Å²) >= 11 is 0. The van der Waals surface area contributed by atoms with Crippen molar-refractivity contribution >= 4 is 8.25 Å². The molecular formula is C11H17N2O3P. The average molecular weight is 256 g/mol. The van der Waals surface area contributed by atoms with E-state index in [9.17, 15) is 4.57 Å². The highest BCUT2D eigenvalue weighted by atomic mass is 31.1. The molecule has 1 heterocycles. The third kappa shape index (κ3) is 7.64. The van der Waals surface area contributed by atoms with Gasteiger partial charge in [-0.2, -0.15) is 5.26 Å². The Morgan fingerprint density at radius 3 is 2.59 bits per heavy atom. The lowest BCUT2D eigenvalue weighted by Gasteiger charge is -2.06. The molecule has 2 atom stereocenters. The molecule has 0 aliphatic carbocycles. The van der Waals surface area contributed by atoms with Gasteiger partial charge in [0, 0.05) is 18.0 Å². The monoisotopic (exact) mass is 256 g/mol. The fraction of sp³-hybridized carbons (Fsp3) is 0.455. The van der Waals surface area contributed by atoms with Crippen LogP contribution in [0, 0.1) is 11.3 Å². The molecule has 0 saturated heterocycles. The second-order valence-corrected chi connectivity index (χ2v) is 3.95. The van der Waals surface area contributed by atoms with Crippen molar-refractivity contribution < 1.29 is 14.0 Å². The molecule has 0 aliphatic heterocycles. The zero-order chi connectivity index (χ0) is 13.1. The van der Waals surface area contributed by atoms with Crippen molar-refractivity contribution in [1.29, 1.82) is 5.26 Å². The predicted octanol–water partition coefficient (Wildman–Crippen LogP) is 2.85. The number of hydrogen-bond donors (Lipinski definition) is 1. The Morgan fingerprint density at radius 2 is 2.24 bits per heavy atom. The summed E-state index contributed by atoms with van der Waals surface area (Å²) in [6, 6.07) is 4.98. The maximum absolute atomic E-state index is 10.3. The van der Waals surface area contributed by atoms with Crippen LogP contribution in [0.2, 0.25) is 0 Å². The van der Waals surface area contributed by atoms with E-state index in [4.69, 9.17) is 10.2 Å². The molecule has 17 heavy (non-hydrogen) atoms. The van der Waals surface area contributed by atoms with Gasteiger partial charge in [0.1, 0.15) is 0 Å². The molecule has 2 unspecified atom stereocenters. The third-order valence-electron chi connectivity index (χ3n) is 1.82. The first-order valence-corrected chi connectivity index (χ1v) is 6.61. The molecule has 1 N–H and O–H groups in total. The maximum atomic E-state index is 10.3. The Labute approximate surface area is 102 Å². The van der Waals surface area contributed by atoms with Gasteiger partial charge in [0.05, 0.1) is 6.07 Å². The Hall–Kier alpha value is -1.21. The van der Waals surface area contributed by atoms with Gasteiger partial charge in [0.2, 0.25) is 0 Å². The first kappa shape index (κ1) is 15.8. The minimum absolute atomic E-state index is 0.470. The van der Waals surface area contributed by atoms with Gasteiger partial charge in [-0.3, -0.25) is 14.1 Å².